The molecule has 0 spiro atoms. The molecule has 0 saturated heterocycles. The van der Waals surface area contributed by atoms with Crippen molar-refractivity contribution in [3.63, 3.8) is 0 Å². The first-order valence-electron chi connectivity index (χ1n) is 5.35. The van der Waals surface area contributed by atoms with E-state index in [4.69, 9.17) is 5.26 Å². The van der Waals surface area contributed by atoms with Crippen molar-refractivity contribution in [2.24, 2.45) is 0 Å². The fourth-order valence-corrected chi connectivity index (χ4v) is 2.16. The Morgan fingerprint density at radius 1 is 1.44 bits per heavy atom. The number of hydrogen-bond donors (Lipinski definition) is 1. The Balaban J connectivity index is 2.64. The molecule has 0 fully saturated rings. The van der Waals surface area contributed by atoms with E-state index in [1.807, 2.05) is 0 Å². The number of aromatic nitrogens is 2. The fourth-order valence-electron chi connectivity index (χ4n) is 2.16. The predicted octanol–water partition coefficient (Wildman–Crippen LogP) is 2.10. The van der Waals surface area contributed by atoms with Crippen molar-refractivity contribution in [2.45, 2.75) is 6.92 Å². The van der Waals surface area contributed by atoms with Crippen LogP contribution in [-0.2, 0) is 0 Å². The second kappa shape index (κ2) is 3.44. The summed E-state index contributed by atoms with van der Waals surface area (Å²) in [6, 6.07) is 6.08. The number of nitrogens with zero attached hydrogens (tertiary/aromatic N) is 2. The lowest BCUT2D eigenvalue weighted by molar-refractivity contribution is 0.629. The van der Waals surface area contributed by atoms with E-state index in [0.717, 1.165) is 5.56 Å². The van der Waals surface area contributed by atoms with Crippen LogP contribution >= 0.6 is 0 Å². The molecule has 0 aliphatic rings. The number of H-pyrrole nitrogens is 1. The van der Waals surface area contributed by atoms with Crippen LogP contribution in [0.5, 0.6) is 0 Å². The van der Waals surface area contributed by atoms with E-state index in [-0.39, 0.29) is 5.39 Å². The van der Waals surface area contributed by atoms with Gasteiger partial charge in [-0.15, -0.1) is 0 Å². The van der Waals surface area contributed by atoms with Crippen molar-refractivity contribution < 1.29 is 4.39 Å². The van der Waals surface area contributed by atoms with Gasteiger partial charge >= 0.3 is 0 Å². The van der Waals surface area contributed by atoms with Gasteiger partial charge in [-0.3, -0.25) is 4.79 Å². The Morgan fingerprint density at radius 2 is 2.22 bits per heavy atom. The van der Waals surface area contributed by atoms with Gasteiger partial charge in [0.05, 0.1) is 16.5 Å². The third-order valence-electron chi connectivity index (χ3n) is 3.00. The van der Waals surface area contributed by atoms with Gasteiger partial charge in [0.1, 0.15) is 17.5 Å². The SMILES string of the molecule is Cc1cn2c([nH]c(=O)c3cc(F)ccc32)c1C#N. The molecule has 0 aliphatic heterocycles. The number of halogens is 1. The third kappa shape index (κ3) is 1.26. The van der Waals surface area contributed by atoms with E-state index in [0.29, 0.717) is 16.7 Å². The smallest absolute Gasteiger partial charge is 0.259 e. The zero-order valence-electron chi connectivity index (χ0n) is 9.49. The summed E-state index contributed by atoms with van der Waals surface area (Å²) >= 11 is 0. The van der Waals surface area contributed by atoms with Crippen LogP contribution in [0.15, 0.2) is 29.2 Å². The first-order valence-corrected chi connectivity index (χ1v) is 5.35. The Labute approximate surface area is 101 Å². The molecule has 1 aromatic carbocycles. The highest BCUT2D eigenvalue weighted by molar-refractivity contribution is 5.82. The van der Waals surface area contributed by atoms with Gasteiger partial charge in [-0.25, -0.2) is 4.39 Å². The summed E-state index contributed by atoms with van der Waals surface area (Å²) in [7, 11) is 0. The zero-order chi connectivity index (χ0) is 12.9. The number of aromatic amines is 1. The highest BCUT2D eigenvalue weighted by Crippen LogP contribution is 2.19. The molecule has 0 unspecified atom stereocenters. The Hall–Kier alpha value is -2.61. The first kappa shape index (κ1) is 10.5. The fraction of sp³-hybridized carbons (Fsp3) is 0.0769. The van der Waals surface area contributed by atoms with Crippen LogP contribution in [0.2, 0.25) is 0 Å². The van der Waals surface area contributed by atoms with Gasteiger partial charge in [0.2, 0.25) is 0 Å². The molecule has 88 valence electrons. The summed E-state index contributed by atoms with van der Waals surface area (Å²) in [6.07, 6.45) is 1.75. The Morgan fingerprint density at radius 3 is 2.94 bits per heavy atom. The maximum atomic E-state index is 13.2. The van der Waals surface area contributed by atoms with E-state index in [1.165, 1.54) is 18.2 Å². The lowest BCUT2D eigenvalue weighted by Crippen LogP contribution is -2.09. The number of fused-ring (bicyclic) bond motifs is 3. The molecule has 1 N–H and O–H groups in total. The molecule has 3 aromatic rings. The molecule has 4 nitrogen and oxygen atoms in total. The molecule has 2 aromatic heterocycles. The largest absolute Gasteiger partial charge is 0.306 e. The highest BCUT2D eigenvalue weighted by Gasteiger charge is 2.12. The third-order valence-corrected chi connectivity index (χ3v) is 3.00. The number of hydrogen-bond acceptors (Lipinski definition) is 2. The lowest BCUT2D eigenvalue weighted by Gasteiger charge is -2.02. The molecule has 0 atom stereocenters. The quantitative estimate of drug-likeness (QED) is 0.655. The molecule has 5 heteroatoms. The summed E-state index contributed by atoms with van der Waals surface area (Å²) in [5.41, 5.74) is 1.83. The Kier molecular flexibility index (Phi) is 2.01. The molecule has 3 rings (SSSR count). The summed E-state index contributed by atoms with van der Waals surface area (Å²) in [5.74, 6) is -0.461. The molecule has 0 amide bonds. The summed E-state index contributed by atoms with van der Waals surface area (Å²) in [5, 5.41) is 9.33. The second-order valence-corrected chi connectivity index (χ2v) is 4.13. The van der Waals surface area contributed by atoms with Crippen LogP contribution < -0.4 is 5.56 Å². The molecule has 0 bridgehead atoms. The van der Waals surface area contributed by atoms with Gasteiger partial charge in [0.15, 0.2) is 0 Å². The highest BCUT2D eigenvalue weighted by atomic mass is 19.1. The van der Waals surface area contributed by atoms with Crippen molar-refractivity contribution in [1.82, 2.24) is 9.38 Å². The molecular weight excluding hydrogens is 233 g/mol. The number of nitrogens with one attached hydrogen (secondary N) is 1. The average Bonchev–Trinajstić information content (AvgIpc) is 2.65. The van der Waals surface area contributed by atoms with Gasteiger partial charge in [-0.05, 0) is 30.7 Å². The van der Waals surface area contributed by atoms with E-state index in [1.54, 1.807) is 17.5 Å². The Bertz CT molecular complexity index is 883. The second-order valence-electron chi connectivity index (χ2n) is 4.13. The minimum absolute atomic E-state index is 0.266. The van der Waals surface area contributed by atoms with Crippen LogP contribution in [0.25, 0.3) is 16.6 Å². The molecule has 0 aliphatic carbocycles. The predicted molar refractivity (Wildman–Crippen MR) is 64.9 cm³/mol. The summed E-state index contributed by atoms with van der Waals surface area (Å²) in [4.78, 5) is 14.5. The normalized spacial score (nSPS) is 10.9. The average molecular weight is 241 g/mol. The van der Waals surface area contributed by atoms with Gasteiger partial charge in [0, 0.05) is 6.20 Å². The van der Waals surface area contributed by atoms with E-state index >= 15 is 0 Å². The number of benzene rings is 1. The van der Waals surface area contributed by atoms with Crippen LogP contribution in [0.1, 0.15) is 11.1 Å². The maximum absolute atomic E-state index is 13.2. The number of nitriles is 1. The molecule has 0 saturated carbocycles. The standard InChI is InChI=1S/C13H8FN3O/c1-7-6-17-11-3-2-8(14)4-9(11)13(18)16-12(17)10(7)5-15/h2-4,6H,1H3,(H,16,18). The van der Waals surface area contributed by atoms with Crippen molar-refractivity contribution >= 4 is 16.6 Å². The minimum Gasteiger partial charge on any atom is -0.306 e. The van der Waals surface area contributed by atoms with Crippen LogP contribution in [0, 0.1) is 24.1 Å². The molecule has 18 heavy (non-hydrogen) atoms. The van der Waals surface area contributed by atoms with Gasteiger partial charge in [-0.1, -0.05) is 0 Å². The van der Waals surface area contributed by atoms with Crippen molar-refractivity contribution in [3.8, 4) is 6.07 Å². The molecule has 2 heterocycles. The van der Waals surface area contributed by atoms with Gasteiger partial charge in [0.25, 0.3) is 5.56 Å². The number of rotatable bonds is 0. The first-order chi connectivity index (χ1) is 8.61. The van der Waals surface area contributed by atoms with Crippen LogP contribution in [0.3, 0.4) is 0 Å². The van der Waals surface area contributed by atoms with Crippen molar-refractivity contribution in [3.05, 3.63) is 51.7 Å². The van der Waals surface area contributed by atoms with Gasteiger partial charge in [-0.2, -0.15) is 5.26 Å². The lowest BCUT2D eigenvalue weighted by atomic mass is 10.2. The van der Waals surface area contributed by atoms with Crippen LogP contribution in [0.4, 0.5) is 4.39 Å². The van der Waals surface area contributed by atoms with Gasteiger partial charge < -0.3 is 9.38 Å². The monoisotopic (exact) mass is 241 g/mol. The maximum Gasteiger partial charge on any atom is 0.259 e. The van der Waals surface area contributed by atoms with E-state index < -0.39 is 11.4 Å². The van der Waals surface area contributed by atoms with Crippen LogP contribution in [-0.4, -0.2) is 9.38 Å². The van der Waals surface area contributed by atoms with Crippen molar-refractivity contribution in [2.75, 3.05) is 0 Å². The summed E-state index contributed by atoms with van der Waals surface area (Å²) < 4.78 is 14.9. The molecular formula is C13H8FN3O. The zero-order valence-corrected chi connectivity index (χ0v) is 9.49. The molecule has 0 radical (unpaired) electrons. The summed E-state index contributed by atoms with van der Waals surface area (Å²) in [6.45, 7) is 1.79. The minimum atomic E-state index is -0.461. The van der Waals surface area contributed by atoms with Crippen molar-refractivity contribution in [1.29, 1.82) is 5.26 Å². The number of aryl methyl sites for hydroxylation is 1. The van der Waals surface area contributed by atoms with E-state index in [2.05, 4.69) is 11.1 Å². The topological polar surface area (TPSA) is 61.1 Å². The van der Waals surface area contributed by atoms with E-state index in [9.17, 15) is 9.18 Å².